The average Bonchev–Trinajstić information content (AvgIpc) is 2.65. The van der Waals surface area contributed by atoms with E-state index in [-0.39, 0.29) is 11.5 Å². The molecule has 0 amide bonds. The minimum absolute atomic E-state index is 0.0468. The van der Waals surface area contributed by atoms with Crippen LogP contribution in [0.1, 0.15) is 40.0 Å². The van der Waals surface area contributed by atoms with E-state index in [1.807, 2.05) is 24.3 Å². The number of hydrogen-bond acceptors (Lipinski definition) is 3. The van der Waals surface area contributed by atoms with Gasteiger partial charge < -0.3 is 14.6 Å². The van der Waals surface area contributed by atoms with Gasteiger partial charge in [-0.15, -0.1) is 0 Å². The molecule has 1 fully saturated rings. The van der Waals surface area contributed by atoms with Crippen molar-refractivity contribution < 1.29 is 14.6 Å². The molecule has 19 heavy (non-hydrogen) atoms. The van der Waals surface area contributed by atoms with Gasteiger partial charge in [-0.2, -0.15) is 0 Å². The first-order chi connectivity index (χ1) is 9.03. The van der Waals surface area contributed by atoms with Crippen LogP contribution < -0.4 is 9.47 Å². The van der Waals surface area contributed by atoms with Crippen LogP contribution in [0.25, 0.3) is 0 Å². The molecule has 106 valence electrons. The predicted octanol–water partition coefficient (Wildman–Crippen LogP) is 3.40. The minimum Gasteiger partial charge on any atom is -0.494 e. The third kappa shape index (κ3) is 3.41. The van der Waals surface area contributed by atoms with Gasteiger partial charge in [-0.3, -0.25) is 0 Å². The zero-order valence-electron chi connectivity index (χ0n) is 12.1. The van der Waals surface area contributed by atoms with Gasteiger partial charge >= 0.3 is 0 Å². The smallest absolute Gasteiger partial charge is 0.125 e. The first-order valence-electron chi connectivity index (χ1n) is 7.10. The maximum absolute atomic E-state index is 10.2. The Morgan fingerprint density at radius 2 is 1.84 bits per heavy atom. The molecule has 1 aromatic rings. The Hall–Kier alpha value is -1.22. The molecule has 1 aliphatic rings. The Balaban J connectivity index is 1.93. The summed E-state index contributed by atoms with van der Waals surface area (Å²) < 4.78 is 11.4. The van der Waals surface area contributed by atoms with E-state index >= 15 is 0 Å². The van der Waals surface area contributed by atoms with E-state index in [0.29, 0.717) is 0 Å². The normalized spacial score (nSPS) is 25.3. The molecule has 3 nitrogen and oxygen atoms in total. The first-order valence-corrected chi connectivity index (χ1v) is 7.10. The van der Waals surface area contributed by atoms with Gasteiger partial charge in [-0.25, -0.2) is 0 Å². The molecule has 0 heterocycles. The molecule has 0 aromatic heterocycles. The zero-order chi connectivity index (χ0) is 13.9. The highest BCUT2D eigenvalue weighted by atomic mass is 16.5. The number of aliphatic hydroxyl groups excluding tert-OH is 1. The van der Waals surface area contributed by atoms with Crippen LogP contribution in [0.5, 0.6) is 11.5 Å². The van der Waals surface area contributed by atoms with Crippen molar-refractivity contribution in [2.75, 3.05) is 6.61 Å². The van der Waals surface area contributed by atoms with Crippen LogP contribution in [-0.4, -0.2) is 23.9 Å². The number of rotatable bonds is 5. The molecule has 2 unspecified atom stereocenters. The van der Waals surface area contributed by atoms with Crippen LogP contribution >= 0.6 is 0 Å². The molecule has 0 aliphatic heterocycles. The highest BCUT2D eigenvalue weighted by Crippen LogP contribution is 2.39. The summed E-state index contributed by atoms with van der Waals surface area (Å²) in [5.41, 5.74) is -0.0468. The lowest BCUT2D eigenvalue weighted by molar-refractivity contribution is 0.00491. The van der Waals surface area contributed by atoms with Crippen molar-refractivity contribution >= 4 is 0 Å². The van der Waals surface area contributed by atoms with Crippen molar-refractivity contribution in [1.29, 1.82) is 0 Å². The lowest BCUT2D eigenvalue weighted by atomic mass is 9.89. The second-order valence-electron chi connectivity index (χ2n) is 5.95. The predicted molar refractivity (Wildman–Crippen MR) is 75.7 cm³/mol. The summed E-state index contributed by atoms with van der Waals surface area (Å²) in [6.45, 7) is 6.99. The van der Waals surface area contributed by atoms with E-state index in [1.54, 1.807) is 0 Å². The van der Waals surface area contributed by atoms with Crippen molar-refractivity contribution in [3.63, 3.8) is 0 Å². The summed E-state index contributed by atoms with van der Waals surface area (Å²) in [5.74, 6) is 1.66. The fourth-order valence-corrected chi connectivity index (χ4v) is 2.46. The van der Waals surface area contributed by atoms with Crippen molar-refractivity contribution in [3.8, 4) is 11.5 Å². The molecular formula is C16H24O3. The Bertz CT molecular complexity index is 397. The monoisotopic (exact) mass is 264 g/mol. The van der Waals surface area contributed by atoms with Gasteiger partial charge in [0.25, 0.3) is 0 Å². The Kier molecular flexibility index (Phi) is 4.35. The molecule has 1 aliphatic carbocycles. The summed E-state index contributed by atoms with van der Waals surface area (Å²) in [6, 6.07) is 7.64. The van der Waals surface area contributed by atoms with Crippen LogP contribution in [0.3, 0.4) is 0 Å². The second kappa shape index (κ2) is 5.83. The van der Waals surface area contributed by atoms with Crippen molar-refractivity contribution in [2.24, 2.45) is 5.41 Å². The highest BCUT2D eigenvalue weighted by Gasteiger charge is 2.42. The van der Waals surface area contributed by atoms with Gasteiger partial charge in [0.2, 0.25) is 0 Å². The lowest BCUT2D eigenvalue weighted by Gasteiger charge is -2.25. The number of ether oxygens (including phenoxy) is 2. The third-order valence-corrected chi connectivity index (χ3v) is 3.81. The van der Waals surface area contributed by atoms with Gasteiger partial charge in [0, 0.05) is 0 Å². The van der Waals surface area contributed by atoms with Gasteiger partial charge in [-0.05, 0) is 48.9 Å². The number of hydrogen-bond donors (Lipinski definition) is 1. The van der Waals surface area contributed by atoms with Crippen LogP contribution in [0.4, 0.5) is 0 Å². The molecule has 0 bridgehead atoms. The largest absolute Gasteiger partial charge is 0.494 e. The fraction of sp³-hybridized carbons (Fsp3) is 0.625. The topological polar surface area (TPSA) is 38.7 Å². The zero-order valence-corrected chi connectivity index (χ0v) is 12.1. The summed E-state index contributed by atoms with van der Waals surface area (Å²) in [5, 5.41) is 10.2. The standard InChI is InChI=1S/C16H24O3/c1-4-11-18-12-5-7-13(8-6-12)19-14-9-10-16(2,3)15(14)17/h5-8,14-15,17H,4,9-11H2,1-3H3. The van der Waals surface area contributed by atoms with Gasteiger partial charge in [0.15, 0.2) is 0 Å². The molecule has 0 saturated heterocycles. The summed E-state index contributed by atoms with van der Waals surface area (Å²) in [4.78, 5) is 0. The molecule has 3 heteroatoms. The van der Waals surface area contributed by atoms with E-state index in [9.17, 15) is 5.11 Å². The molecule has 1 saturated carbocycles. The lowest BCUT2D eigenvalue weighted by Crippen LogP contribution is -2.34. The third-order valence-electron chi connectivity index (χ3n) is 3.81. The van der Waals surface area contributed by atoms with Crippen molar-refractivity contribution in [1.82, 2.24) is 0 Å². The molecule has 1 aromatic carbocycles. The minimum atomic E-state index is -0.400. The number of benzene rings is 1. The van der Waals surface area contributed by atoms with E-state index in [0.717, 1.165) is 37.4 Å². The van der Waals surface area contributed by atoms with Gasteiger partial charge in [-0.1, -0.05) is 20.8 Å². The van der Waals surface area contributed by atoms with Gasteiger partial charge in [0.05, 0.1) is 12.7 Å². The first kappa shape index (κ1) is 14.2. The number of aliphatic hydroxyl groups is 1. The molecular weight excluding hydrogens is 240 g/mol. The Morgan fingerprint density at radius 3 is 2.37 bits per heavy atom. The van der Waals surface area contributed by atoms with Gasteiger partial charge in [0.1, 0.15) is 17.6 Å². The van der Waals surface area contributed by atoms with Crippen LogP contribution in [0.2, 0.25) is 0 Å². The highest BCUT2D eigenvalue weighted by molar-refractivity contribution is 5.31. The SMILES string of the molecule is CCCOc1ccc(OC2CCC(C)(C)C2O)cc1. The molecule has 0 radical (unpaired) electrons. The maximum Gasteiger partial charge on any atom is 0.125 e. The average molecular weight is 264 g/mol. The summed E-state index contributed by atoms with van der Waals surface area (Å²) >= 11 is 0. The molecule has 2 rings (SSSR count). The Morgan fingerprint density at radius 1 is 1.21 bits per heavy atom. The summed E-state index contributed by atoms with van der Waals surface area (Å²) in [6.07, 6.45) is 2.40. The van der Waals surface area contributed by atoms with Crippen LogP contribution in [0.15, 0.2) is 24.3 Å². The Labute approximate surface area is 115 Å². The maximum atomic E-state index is 10.2. The van der Waals surface area contributed by atoms with E-state index in [4.69, 9.17) is 9.47 Å². The van der Waals surface area contributed by atoms with Crippen LogP contribution in [0, 0.1) is 5.41 Å². The second-order valence-corrected chi connectivity index (χ2v) is 5.95. The van der Waals surface area contributed by atoms with Crippen LogP contribution in [-0.2, 0) is 0 Å². The summed E-state index contributed by atoms with van der Waals surface area (Å²) in [7, 11) is 0. The molecule has 1 N–H and O–H groups in total. The van der Waals surface area contributed by atoms with E-state index in [1.165, 1.54) is 0 Å². The fourth-order valence-electron chi connectivity index (χ4n) is 2.46. The van der Waals surface area contributed by atoms with E-state index < -0.39 is 6.10 Å². The quantitative estimate of drug-likeness (QED) is 0.885. The van der Waals surface area contributed by atoms with Crippen molar-refractivity contribution in [3.05, 3.63) is 24.3 Å². The molecule has 2 atom stereocenters. The molecule has 0 spiro atoms. The van der Waals surface area contributed by atoms with E-state index in [2.05, 4.69) is 20.8 Å². The van der Waals surface area contributed by atoms with Crippen molar-refractivity contribution in [2.45, 2.75) is 52.2 Å².